The Kier molecular flexibility index (Phi) is 5.72. The van der Waals surface area contributed by atoms with Gasteiger partial charge < -0.3 is 20.6 Å². The lowest BCUT2D eigenvalue weighted by Gasteiger charge is -2.37. The summed E-state index contributed by atoms with van der Waals surface area (Å²) in [7, 11) is 0. The van der Waals surface area contributed by atoms with E-state index in [1.807, 2.05) is 0 Å². The summed E-state index contributed by atoms with van der Waals surface area (Å²) in [6.07, 6.45) is 1.52. The standard InChI is InChI=1S/C22H26FNO4/c1-13-9-19(25)21(27)20(26)16-8-7-15(10-17(13)16)22(2,28)12-24-11-14-5-3-4-6-18(14)23/h3-6,9,15,24,28H,7-8,10-12H2,1-2H3,(H2,25,26,27). The highest BCUT2D eigenvalue weighted by Crippen LogP contribution is 2.36. The molecule has 6 heteroatoms. The number of aliphatic hydroxyl groups is 1. The van der Waals surface area contributed by atoms with E-state index in [9.17, 15) is 24.5 Å². The average molecular weight is 387 g/mol. The largest absolute Gasteiger partial charge is 0.504 e. The Balaban J connectivity index is 1.75. The molecule has 4 N–H and O–H groups in total. The first-order chi connectivity index (χ1) is 13.2. The molecule has 150 valence electrons. The van der Waals surface area contributed by atoms with E-state index in [-0.39, 0.29) is 18.3 Å². The Morgan fingerprint density at radius 3 is 2.68 bits per heavy atom. The number of aromatic hydroxyl groups is 2. The predicted octanol–water partition coefficient (Wildman–Crippen LogP) is 2.55. The van der Waals surface area contributed by atoms with Gasteiger partial charge in [0, 0.05) is 24.2 Å². The first-order valence-electron chi connectivity index (χ1n) is 9.45. The van der Waals surface area contributed by atoms with Crippen LogP contribution in [0.5, 0.6) is 11.5 Å². The molecule has 2 unspecified atom stereocenters. The van der Waals surface area contributed by atoms with Gasteiger partial charge in [-0.1, -0.05) is 18.2 Å². The van der Waals surface area contributed by atoms with Crippen molar-refractivity contribution in [1.29, 1.82) is 0 Å². The Hall–Kier alpha value is -2.44. The van der Waals surface area contributed by atoms with Gasteiger partial charge in [0.25, 0.3) is 5.43 Å². The number of halogens is 1. The van der Waals surface area contributed by atoms with Crippen LogP contribution in [0.25, 0.3) is 0 Å². The van der Waals surface area contributed by atoms with Gasteiger partial charge in [0.2, 0.25) is 0 Å². The third-order valence-corrected chi connectivity index (χ3v) is 5.76. The van der Waals surface area contributed by atoms with E-state index in [4.69, 9.17) is 0 Å². The van der Waals surface area contributed by atoms with Crippen LogP contribution >= 0.6 is 0 Å². The van der Waals surface area contributed by atoms with E-state index in [1.54, 1.807) is 32.0 Å². The van der Waals surface area contributed by atoms with Crippen molar-refractivity contribution in [1.82, 2.24) is 5.32 Å². The number of fused-ring (bicyclic) bond motifs is 1. The van der Waals surface area contributed by atoms with Gasteiger partial charge in [-0.05, 0) is 62.3 Å². The third-order valence-electron chi connectivity index (χ3n) is 5.76. The molecule has 0 amide bonds. The zero-order valence-electron chi connectivity index (χ0n) is 16.1. The van der Waals surface area contributed by atoms with Crippen LogP contribution in [-0.2, 0) is 19.4 Å². The van der Waals surface area contributed by atoms with E-state index in [0.29, 0.717) is 42.5 Å². The van der Waals surface area contributed by atoms with Gasteiger partial charge in [0.1, 0.15) is 5.82 Å². The molecule has 2 aromatic carbocycles. The quantitative estimate of drug-likeness (QED) is 0.633. The van der Waals surface area contributed by atoms with Gasteiger partial charge in [-0.15, -0.1) is 0 Å². The zero-order valence-corrected chi connectivity index (χ0v) is 16.1. The van der Waals surface area contributed by atoms with E-state index < -0.39 is 22.5 Å². The van der Waals surface area contributed by atoms with Crippen LogP contribution < -0.4 is 10.7 Å². The number of aryl methyl sites for hydroxylation is 1. The predicted molar refractivity (Wildman–Crippen MR) is 105 cm³/mol. The third kappa shape index (κ3) is 4.03. The van der Waals surface area contributed by atoms with Crippen LogP contribution in [0, 0.1) is 18.7 Å². The summed E-state index contributed by atoms with van der Waals surface area (Å²) >= 11 is 0. The molecule has 0 heterocycles. The lowest BCUT2D eigenvalue weighted by atomic mass is 9.74. The second-order valence-electron chi connectivity index (χ2n) is 7.84. The van der Waals surface area contributed by atoms with Gasteiger partial charge >= 0.3 is 0 Å². The Morgan fingerprint density at radius 2 is 1.96 bits per heavy atom. The molecule has 0 radical (unpaired) electrons. The fourth-order valence-corrected chi connectivity index (χ4v) is 3.98. The molecule has 0 fully saturated rings. The maximum atomic E-state index is 13.7. The minimum atomic E-state index is -1.05. The maximum Gasteiger partial charge on any atom is 0.261 e. The van der Waals surface area contributed by atoms with Crippen molar-refractivity contribution in [3.8, 4) is 11.5 Å². The van der Waals surface area contributed by atoms with Crippen LogP contribution in [0.1, 0.15) is 35.6 Å². The highest BCUT2D eigenvalue weighted by atomic mass is 19.1. The highest BCUT2D eigenvalue weighted by Gasteiger charge is 2.35. The summed E-state index contributed by atoms with van der Waals surface area (Å²) in [5, 5.41) is 34.2. The first-order valence-corrected chi connectivity index (χ1v) is 9.45. The summed E-state index contributed by atoms with van der Waals surface area (Å²) in [6, 6.07) is 7.88. The molecular formula is C22H26FNO4. The second-order valence-corrected chi connectivity index (χ2v) is 7.84. The van der Waals surface area contributed by atoms with Crippen molar-refractivity contribution in [3.63, 3.8) is 0 Å². The molecule has 0 aromatic heterocycles. The molecule has 0 saturated carbocycles. The molecule has 0 aliphatic heterocycles. The molecule has 28 heavy (non-hydrogen) atoms. The normalized spacial score (nSPS) is 18.4. The molecule has 2 atom stereocenters. The van der Waals surface area contributed by atoms with Crippen LogP contribution in [0.15, 0.2) is 35.1 Å². The van der Waals surface area contributed by atoms with Crippen molar-refractivity contribution in [2.24, 2.45) is 5.92 Å². The molecule has 0 spiro atoms. The van der Waals surface area contributed by atoms with Gasteiger partial charge in [-0.25, -0.2) is 4.39 Å². The van der Waals surface area contributed by atoms with E-state index in [2.05, 4.69) is 5.32 Å². The maximum absolute atomic E-state index is 13.7. The molecule has 2 aromatic rings. The molecule has 0 bridgehead atoms. The molecule has 0 saturated heterocycles. The zero-order chi connectivity index (χ0) is 20.5. The van der Waals surface area contributed by atoms with Crippen molar-refractivity contribution in [2.45, 2.75) is 45.3 Å². The fraction of sp³-hybridized carbons (Fsp3) is 0.409. The van der Waals surface area contributed by atoms with Crippen molar-refractivity contribution >= 4 is 0 Å². The SMILES string of the molecule is Cc1cc(O)c(=O)c(O)c2c1CC(C(C)(O)CNCc1ccccc1F)CC2. The number of hydrogen-bond donors (Lipinski definition) is 4. The van der Waals surface area contributed by atoms with Crippen LogP contribution in [0.2, 0.25) is 0 Å². The summed E-state index contributed by atoms with van der Waals surface area (Å²) in [5.74, 6) is -1.27. The van der Waals surface area contributed by atoms with Gasteiger partial charge in [-0.3, -0.25) is 4.79 Å². The number of rotatable bonds is 5. The van der Waals surface area contributed by atoms with Gasteiger partial charge in [0.05, 0.1) is 5.60 Å². The summed E-state index contributed by atoms with van der Waals surface area (Å²) < 4.78 is 13.7. The smallest absolute Gasteiger partial charge is 0.261 e. The molecule has 5 nitrogen and oxygen atoms in total. The average Bonchev–Trinajstić information content (AvgIpc) is 2.74. The fourth-order valence-electron chi connectivity index (χ4n) is 3.98. The van der Waals surface area contributed by atoms with Crippen molar-refractivity contribution in [2.75, 3.05) is 6.54 Å². The number of hydrogen-bond acceptors (Lipinski definition) is 5. The van der Waals surface area contributed by atoms with E-state index in [0.717, 1.165) is 5.56 Å². The van der Waals surface area contributed by atoms with E-state index >= 15 is 0 Å². The topological polar surface area (TPSA) is 89.8 Å². The van der Waals surface area contributed by atoms with Gasteiger partial charge in [0.15, 0.2) is 11.5 Å². The molecule has 1 aliphatic carbocycles. The Morgan fingerprint density at radius 1 is 1.25 bits per heavy atom. The molecular weight excluding hydrogens is 361 g/mol. The summed E-state index contributed by atoms with van der Waals surface area (Å²) in [5.41, 5.74) is 0.779. The first kappa shape index (κ1) is 20.3. The second kappa shape index (κ2) is 7.89. The minimum absolute atomic E-state index is 0.106. The number of benzene rings is 1. The van der Waals surface area contributed by atoms with Crippen molar-refractivity contribution in [3.05, 3.63) is 68.6 Å². The molecule has 1 aliphatic rings. The summed E-state index contributed by atoms with van der Waals surface area (Å²) in [4.78, 5) is 12.0. The Labute approximate surface area is 163 Å². The minimum Gasteiger partial charge on any atom is -0.504 e. The van der Waals surface area contributed by atoms with Crippen LogP contribution in [-0.4, -0.2) is 27.5 Å². The van der Waals surface area contributed by atoms with E-state index in [1.165, 1.54) is 12.1 Å². The summed E-state index contributed by atoms with van der Waals surface area (Å²) in [6.45, 7) is 4.12. The molecule has 3 rings (SSSR count). The van der Waals surface area contributed by atoms with Crippen LogP contribution in [0.4, 0.5) is 4.39 Å². The highest BCUT2D eigenvalue weighted by molar-refractivity contribution is 5.48. The Bertz CT molecular complexity index is 942. The monoisotopic (exact) mass is 387 g/mol. The lowest BCUT2D eigenvalue weighted by molar-refractivity contribution is -0.00635. The van der Waals surface area contributed by atoms with Crippen LogP contribution in [0.3, 0.4) is 0 Å². The van der Waals surface area contributed by atoms with Gasteiger partial charge in [-0.2, -0.15) is 0 Å². The lowest BCUT2D eigenvalue weighted by Crippen LogP contribution is -2.46. The number of nitrogens with one attached hydrogen (secondary N) is 1. The van der Waals surface area contributed by atoms with Crippen molar-refractivity contribution < 1.29 is 19.7 Å².